The molecule has 0 radical (unpaired) electrons. The van der Waals surface area contributed by atoms with Crippen molar-refractivity contribution < 1.29 is 4.79 Å². The lowest BCUT2D eigenvalue weighted by molar-refractivity contribution is -0.130. The molecule has 152 valence electrons. The molecule has 29 heavy (non-hydrogen) atoms. The van der Waals surface area contributed by atoms with Crippen LogP contribution in [0.5, 0.6) is 0 Å². The zero-order valence-electron chi connectivity index (χ0n) is 16.0. The number of anilines is 1. The van der Waals surface area contributed by atoms with Gasteiger partial charge in [-0.1, -0.05) is 23.2 Å². The fourth-order valence-corrected chi connectivity index (χ4v) is 4.85. The van der Waals surface area contributed by atoms with Crippen molar-refractivity contribution >= 4 is 52.5 Å². The molecule has 1 aliphatic heterocycles. The Morgan fingerprint density at radius 1 is 1.17 bits per heavy atom. The number of benzene rings is 1. The Bertz CT molecular complexity index is 1050. The normalized spacial score (nSPS) is 15.7. The van der Waals surface area contributed by atoms with Gasteiger partial charge in [-0.05, 0) is 32.0 Å². The topological polar surface area (TPSA) is 66.6 Å². The van der Waals surface area contributed by atoms with E-state index in [2.05, 4.69) is 20.0 Å². The van der Waals surface area contributed by atoms with Crippen LogP contribution < -0.4 is 4.90 Å². The van der Waals surface area contributed by atoms with Crippen molar-refractivity contribution in [1.29, 1.82) is 0 Å². The third-order valence-electron chi connectivity index (χ3n) is 4.82. The molecule has 0 saturated carbocycles. The third kappa shape index (κ3) is 4.29. The second-order valence-corrected chi connectivity index (χ2v) is 9.10. The fraction of sp³-hybridized carbons (Fsp3) is 0.368. The van der Waals surface area contributed by atoms with Crippen molar-refractivity contribution in [3.05, 3.63) is 46.3 Å². The fourth-order valence-electron chi connectivity index (χ4n) is 3.36. The molecule has 1 fully saturated rings. The van der Waals surface area contributed by atoms with E-state index in [0.717, 1.165) is 29.5 Å². The van der Waals surface area contributed by atoms with Gasteiger partial charge in [0.15, 0.2) is 0 Å². The number of fused-ring (bicyclic) bond motifs is 1. The summed E-state index contributed by atoms with van der Waals surface area (Å²) in [6.07, 6.45) is 1.50. The van der Waals surface area contributed by atoms with Crippen LogP contribution in [0.4, 0.5) is 5.82 Å². The highest BCUT2D eigenvalue weighted by Crippen LogP contribution is 2.33. The van der Waals surface area contributed by atoms with E-state index >= 15 is 0 Å². The van der Waals surface area contributed by atoms with Crippen LogP contribution in [0.1, 0.15) is 12.6 Å². The Morgan fingerprint density at radius 3 is 2.69 bits per heavy atom. The molecular formula is C19H20Cl2N6OS. The summed E-state index contributed by atoms with van der Waals surface area (Å²) in [5.74, 6) is 1.63. The van der Waals surface area contributed by atoms with Gasteiger partial charge in [0.25, 0.3) is 5.78 Å². The second-order valence-electron chi connectivity index (χ2n) is 6.87. The second kappa shape index (κ2) is 8.38. The van der Waals surface area contributed by atoms with Gasteiger partial charge in [0, 0.05) is 47.9 Å². The number of aromatic nitrogens is 4. The first kappa shape index (κ1) is 20.3. The molecule has 3 heterocycles. The first-order chi connectivity index (χ1) is 13.9. The molecule has 0 spiro atoms. The Labute approximate surface area is 183 Å². The Kier molecular flexibility index (Phi) is 5.85. The predicted octanol–water partition coefficient (Wildman–Crippen LogP) is 3.57. The molecule has 10 heteroatoms. The van der Waals surface area contributed by atoms with Crippen molar-refractivity contribution in [3.63, 3.8) is 0 Å². The minimum Gasteiger partial charge on any atom is -0.353 e. The lowest BCUT2D eigenvalue weighted by Gasteiger charge is -2.37. The molecule has 0 aliphatic carbocycles. The van der Waals surface area contributed by atoms with Crippen molar-refractivity contribution in [2.75, 3.05) is 31.1 Å². The van der Waals surface area contributed by atoms with E-state index in [4.69, 9.17) is 23.2 Å². The highest BCUT2D eigenvalue weighted by molar-refractivity contribution is 8.00. The van der Waals surface area contributed by atoms with E-state index in [1.54, 1.807) is 22.7 Å². The van der Waals surface area contributed by atoms with Crippen LogP contribution in [0, 0.1) is 6.92 Å². The summed E-state index contributed by atoms with van der Waals surface area (Å²) in [5, 5.41) is 5.24. The molecule has 0 N–H and O–H groups in total. The quantitative estimate of drug-likeness (QED) is 0.565. The number of nitrogens with zero attached hydrogens (tertiary/aromatic N) is 6. The van der Waals surface area contributed by atoms with E-state index < -0.39 is 0 Å². The van der Waals surface area contributed by atoms with Gasteiger partial charge in [0.2, 0.25) is 5.91 Å². The summed E-state index contributed by atoms with van der Waals surface area (Å²) >= 11 is 13.7. The highest BCUT2D eigenvalue weighted by Gasteiger charge is 2.27. The Hall–Kier alpha value is -2.03. The molecule has 1 atom stereocenters. The molecule has 2 aromatic heterocycles. The number of hydrogen-bond donors (Lipinski definition) is 0. The van der Waals surface area contributed by atoms with Crippen molar-refractivity contribution in [2.24, 2.45) is 0 Å². The highest BCUT2D eigenvalue weighted by atomic mass is 35.5. The number of piperazine rings is 1. The average molecular weight is 451 g/mol. The SMILES string of the molecule is Cc1cc(N2CCN(C(=O)C(C)Sc3cc(Cl)ccc3Cl)CC2)n2ncnc2n1. The largest absolute Gasteiger partial charge is 0.353 e. The number of carbonyl (C=O) groups excluding carboxylic acids is 1. The van der Waals surface area contributed by atoms with E-state index in [1.807, 2.05) is 24.8 Å². The number of rotatable bonds is 4. The van der Waals surface area contributed by atoms with Gasteiger partial charge >= 0.3 is 0 Å². The summed E-state index contributed by atoms with van der Waals surface area (Å²) < 4.78 is 1.74. The van der Waals surface area contributed by atoms with Crippen molar-refractivity contribution in [2.45, 2.75) is 24.0 Å². The van der Waals surface area contributed by atoms with Gasteiger partial charge in [0.05, 0.1) is 10.3 Å². The summed E-state index contributed by atoms with van der Waals surface area (Å²) in [7, 11) is 0. The van der Waals surface area contributed by atoms with Crippen molar-refractivity contribution in [1.82, 2.24) is 24.5 Å². The van der Waals surface area contributed by atoms with Gasteiger partial charge in [-0.3, -0.25) is 4.79 Å². The molecule has 7 nitrogen and oxygen atoms in total. The first-order valence-electron chi connectivity index (χ1n) is 9.25. The van der Waals surface area contributed by atoms with Crippen LogP contribution in [0.15, 0.2) is 35.5 Å². The first-order valence-corrected chi connectivity index (χ1v) is 10.9. The lowest BCUT2D eigenvalue weighted by Crippen LogP contribution is -2.51. The average Bonchev–Trinajstić information content (AvgIpc) is 3.18. The molecule has 3 aromatic rings. The molecule has 1 saturated heterocycles. The van der Waals surface area contributed by atoms with E-state index in [-0.39, 0.29) is 11.2 Å². The minimum absolute atomic E-state index is 0.0995. The molecular weight excluding hydrogens is 431 g/mol. The number of amides is 1. The summed E-state index contributed by atoms with van der Waals surface area (Å²) in [6.45, 7) is 6.58. The van der Waals surface area contributed by atoms with Gasteiger partial charge in [0.1, 0.15) is 12.1 Å². The predicted molar refractivity (Wildman–Crippen MR) is 116 cm³/mol. The van der Waals surface area contributed by atoms with Crippen LogP contribution in [0.2, 0.25) is 10.0 Å². The molecule has 0 bridgehead atoms. The Balaban J connectivity index is 1.41. The van der Waals surface area contributed by atoms with Crippen LogP contribution in [0.3, 0.4) is 0 Å². The molecule has 1 amide bonds. The maximum Gasteiger partial charge on any atom is 0.254 e. The smallest absolute Gasteiger partial charge is 0.254 e. The number of carbonyl (C=O) groups is 1. The zero-order chi connectivity index (χ0) is 20.5. The van der Waals surface area contributed by atoms with Crippen LogP contribution in [0.25, 0.3) is 5.78 Å². The van der Waals surface area contributed by atoms with Gasteiger partial charge < -0.3 is 9.80 Å². The molecule has 1 unspecified atom stereocenters. The number of hydrogen-bond acceptors (Lipinski definition) is 6. The number of thioether (sulfide) groups is 1. The van der Waals surface area contributed by atoms with E-state index in [0.29, 0.717) is 28.9 Å². The third-order valence-corrected chi connectivity index (χ3v) is 6.64. The Morgan fingerprint density at radius 2 is 1.93 bits per heavy atom. The van der Waals surface area contributed by atoms with E-state index in [9.17, 15) is 4.79 Å². The summed E-state index contributed by atoms with van der Waals surface area (Å²) in [4.78, 5) is 26.4. The van der Waals surface area contributed by atoms with Crippen LogP contribution in [-0.4, -0.2) is 61.8 Å². The van der Waals surface area contributed by atoms with Crippen LogP contribution >= 0.6 is 35.0 Å². The zero-order valence-corrected chi connectivity index (χ0v) is 18.4. The molecule has 1 aromatic carbocycles. The van der Waals surface area contributed by atoms with E-state index in [1.165, 1.54) is 18.1 Å². The summed E-state index contributed by atoms with van der Waals surface area (Å²) in [6, 6.07) is 7.29. The number of halogens is 2. The van der Waals surface area contributed by atoms with Gasteiger partial charge in [-0.25, -0.2) is 4.98 Å². The van der Waals surface area contributed by atoms with Gasteiger partial charge in [-0.2, -0.15) is 14.6 Å². The molecule has 1 aliphatic rings. The van der Waals surface area contributed by atoms with Crippen LogP contribution in [-0.2, 0) is 4.79 Å². The minimum atomic E-state index is -0.247. The molecule has 4 rings (SSSR count). The number of aryl methyl sites for hydroxylation is 1. The maximum atomic E-state index is 12.9. The lowest BCUT2D eigenvalue weighted by atomic mass is 10.2. The van der Waals surface area contributed by atoms with Gasteiger partial charge in [-0.15, -0.1) is 11.8 Å². The monoisotopic (exact) mass is 450 g/mol. The standard InChI is InChI=1S/C19H20Cl2N6OS/c1-12-9-17(27-19(24-12)22-11-23-27)25-5-7-26(8-6-25)18(28)13(2)29-16-10-14(20)3-4-15(16)21/h3-4,9-11,13H,5-8H2,1-2H3. The summed E-state index contributed by atoms with van der Waals surface area (Å²) in [5.41, 5.74) is 0.891. The van der Waals surface area contributed by atoms with Crippen molar-refractivity contribution in [3.8, 4) is 0 Å². The maximum absolute atomic E-state index is 12.9.